The number of carbonyl (C=O) groups excluding carboxylic acids is 1. The highest BCUT2D eigenvalue weighted by molar-refractivity contribution is 6.93. The van der Waals surface area contributed by atoms with Gasteiger partial charge >= 0.3 is 0 Å². The third kappa shape index (κ3) is 4.83. The average Bonchev–Trinajstić information content (AvgIpc) is 4.02. The molecule has 5 aromatic carbocycles. The highest BCUT2D eigenvalue weighted by Gasteiger charge is 2.52. The van der Waals surface area contributed by atoms with Gasteiger partial charge in [0.15, 0.2) is 5.78 Å². The Bertz CT molecular complexity index is 3700. The van der Waals surface area contributed by atoms with E-state index in [2.05, 4.69) is 152 Å². The molecule has 4 aromatic heterocycles. The minimum Gasteiger partial charge on any atom is -0.308 e. The van der Waals surface area contributed by atoms with Crippen LogP contribution in [0, 0.1) is 16.7 Å². The van der Waals surface area contributed by atoms with Crippen LogP contribution in [-0.4, -0.2) is 22.7 Å². The van der Waals surface area contributed by atoms with Gasteiger partial charge in [-0.05, 0) is 168 Å². The maximum absolute atomic E-state index is 14.8. The van der Waals surface area contributed by atoms with Crippen molar-refractivity contribution < 1.29 is 4.79 Å². The summed E-state index contributed by atoms with van der Waals surface area (Å²) in [6.45, 7) is 29.3. The number of Topliss-reactive ketones (excluding diaryl/α,β-unsaturated/α-hetero) is 1. The van der Waals surface area contributed by atoms with Crippen LogP contribution in [0.15, 0.2) is 54.6 Å². The largest absolute Gasteiger partial charge is 0.308 e. The molecule has 15 rings (SSSR count). The van der Waals surface area contributed by atoms with Crippen LogP contribution in [0.5, 0.6) is 0 Å². The van der Waals surface area contributed by atoms with Crippen molar-refractivity contribution in [3.8, 4) is 6.07 Å². The van der Waals surface area contributed by atoms with Gasteiger partial charge in [0.1, 0.15) is 0 Å². The lowest BCUT2D eigenvalue weighted by atomic mass is 9.51. The molecule has 0 amide bonds. The third-order valence-corrected chi connectivity index (χ3v) is 28.0. The van der Waals surface area contributed by atoms with Crippen molar-refractivity contribution in [3.05, 3.63) is 88.0 Å². The van der Waals surface area contributed by atoms with Gasteiger partial charge in [-0.15, -0.1) is 0 Å². The summed E-state index contributed by atoms with van der Waals surface area (Å²) in [7, 11) is -2.02. The van der Waals surface area contributed by atoms with Crippen LogP contribution in [0.2, 0.25) is 17.6 Å². The van der Waals surface area contributed by atoms with Gasteiger partial charge in [0, 0.05) is 54.1 Å². The summed E-state index contributed by atoms with van der Waals surface area (Å²) < 4.78 is 5.18. The van der Waals surface area contributed by atoms with Crippen molar-refractivity contribution in [2.75, 3.05) is 0 Å². The van der Waals surface area contributed by atoms with Crippen molar-refractivity contribution in [2.24, 2.45) is 5.41 Å². The van der Waals surface area contributed by atoms with Crippen LogP contribution < -0.4 is 5.19 Å². The van der Waals surface area contributed by atoms with Crippen LogP contribution in [0.3, 0.4) is 0 Å². The van der Waals surface area contributed by atoms with Gasteiger partial charge in [-0.2, -0.15) is 5.26 Å². The molecule has 0 unspecified atom stereocenters. The van der Waals surface area contributed by atoms with E-state index in [1.54, 1.807) is 5.19 Å². The molecular weight excluding hydrogens is 831 g/mol. The van der Waals surface area contributed by atoms with E-state index in [1.807, 2.05) is 0 Å². The number of aromatic nitrogens is 2. The van der Waals surface area contributed by atoms with E-state index in [-0.39, 0.29) is 27.1 Å². The molecule has 0 spiro atoms. The molecule has 0 N–H and O–H groups in total. The Morgan fingerprint density at radius 1 is 0.582 bits per heavy atom. The van der Waals surface area contributed by atoms with Gasteiger partial charge in [0.05, 0.1) is 52.8 Å². The van der Waals surface area contributed by atoms with E-state index < -0.39 is 8.07 Å². The summed E-state index contributed by atoms with van der Waals surface area (Å²) in [6.07, 6.45) is 12.0. The predicted molar refractivity (Wildman–Crippen MR) is 286 cm³/mol. The molecular formula is C62H69N3OSi. The normalized spacial score (nSPS) is 25.5. The monoisotopic (exact) mass is 900 g/mol. The number of fused-ring (bicyclic) bond motifs is 16. The number of benzene rings is 5. The van der Waals surface area contributed by atoms with E-state index in [0.29, 0.717) is 16.9 Å². The van der Waals surface area contributed by atoms with Crippen molar-refractivity contribution in [3.63, 3.8) is 0 Å². The Morgan fingerprint density at radius 3 is 1.60 bits per heavy atom. The number of carbonyl (C=O) groups is 1. The predicted octanol–water partition coefficient (Wildman–Crippen LogP) is 16.6. The van der Waals surface area contributed by atoms with E-state index in [9.17, 15) is 10.1 Å². The first-order chi connectivity index (χ1) is 31.8. The first-order valence-electron chi connectivity index (χ1n) is 26.4. The zero-order chi connectivity index (χ0) is 46.9. The lowest BCUT2D eigenvalue weighted by Crippen LogP contribution is -2.50. The minimum absolute atomic E-state index is 0.00265. The van der Waals surface area contributed by atoms with E-state index in [1.165, 1.54) is 111 Å². The van der Waals surface area contributed by atoms with Crippen LogP contribution in [0.1, 0.15) is 185 Å². The lowest BCUT2D eigenvalue weighted by molar-refractivity contribution is 0.0732. The maximum Gasteiger partial charge on any atom is 0.169 e. The molecule has 4 nitrogen and oxygen atoms in total. The quantitative estimate of drug-likeness (QED) is 0.150. The van der Waals surface area contributed by atoms with Gasteiger partial charge in [0.25, 0.3) is 0 Å². The molecule has 0 radical (unpaired) electrons. The molecule has 5 heteroatoms. The number of hydrogen-bond acceptors (Lipinski definition) is 2. The van der Waals surface area contributed by atoms with Crippen molar-refractivity contribution in [2.45, 2.75) is 186 Å². The molecule has 342 valence electrons. The first-order valence-corrected chi connectivity index (χ1v) is 29.0. The molecule has 2 saturated carbocycles. The second-order valence-electron chi connectivity index (χ2n) is 25.0. The van der Waals surface area contributed by atoms with Gasteiger partial charge in [0.2, 0.25) is 0 Å². The van der Waals surface area contributed by atoms with Gasteiger partial charge in [-0.1, -0.05) is 100 Å². The summed E-state index contributed by atoms with van der Waals surface area (Å²) in [5.41, 5.74) is 15.8. The van der Waals surface area contributed by atoms with Crippen LogP contribution >= 0.6 is 0 Å². The first kappa shape index (κ1) is 42.2. The Kier molecular flexibility index (Phi) is 8.21. The van der Waals surface area contributed by atoms with Crippen molar-refractivity contribution in [1.29, 1.82) is 5.26 Å². The smallest absolute Gasteiger partial charge is 0.169 e. The Balaban J connectivity index is 1.24. The third-order valence-electron chi connectivity index (χ3n) is 21.7. The fourth-order valence-electron chi connectivity index (χ4n) is 16.1. The molecule has 6 aliphatic carbocycles. The highest BCUT2D eigenvalue weighted by Crippen LogP contribution is 2.61. The fraction of sp³-hybridized carbons (Fsp3) is 0.484. The molecule has 0 aliphatic heterocycles. The number of ketones is 1. The van der Waals surface area contributed by atoms with Crippen LogP contribution in [-0.2, 0) is 21.7 Å². The standard InChI is InChI=1S/C62H69N3OSi/c1-13-62(14-2,15-3)37-25-42-39-29-47-45(57(66)61(11)22-16-58(47,8)17-23-61)32-50(39)64-48-31-41-44-27-38(67(12,34(4)5)35(6)7)28-46-52-51(65(56(44)46)49(41)30-40(48)43(26-37)55(42)64)24-36(33-63)53-54(52)60(10)20-18-59(53,9)19-21-60/h24-32,34-35H,13-23H2,1-12H3. The summed E-state index contributed by atoms with van der Waals surface area (Å²) >= 11 is 0. The fourth-order valence-corrected chi connectivity index (χ4v) is 19.7. The minimum atomic E-state index is -2.02. The highest BCUT2D eigenvalue weighted by atomic mass is 28.3. The van der Waals surface area contributed by atoms with Crippen molar-refractivity contribution >= 4 is 95.2 Å². The zero-order valence-corrected chi connectivity index (χ0v) is 43.4. The molecule has 67 heavy (non-hydrogen) atoms. The Morgan fingerprint density at radius 2 is 1.04 bits per heavy atom. The summed E-state index contributed by atoms with van der Waals surface area (Å²) in [5, 5.41) is 23.3. The zero-order valence-electron chi connectivity index (χ0n) is 42.4. The molecule has 4 heterocycles. The molecule has 2 fully saturated rings. The van der Waals surface area contributed by atoms with Gasteiger partial charge in [-0.25, -0.2) is 0 Å². The van der Waals surface area contributed by atoms with E-state index in [4.69, 9.17) is 0 Å². The summed E-state index contributed by atoms with van der Waals surface area (Å²) in [6, 6.07) is 25.5. The molecule has 0 saturated heterocycles. The lowest BCUT2D eigenvalue weighted by Gasteiger charge is -2.52. The molecule has 9 aromatic rings. The summed E-state index contributed by atoms with van der Waals surface area (Å²) in [4.78, 5) is 14.8. The number of hydrogen-bond donors (Lipinski definition) is 0. The van der Waals surface area contributed by atoms with E-state index >= 15 is 0 Å². The Labute approximate surface area is 397 Å². The number of rotatable bonds is 7. The molecule has 4 bridgehead atoms. The van der Waals surface area contributed by atoms with Crippen LogP contribution in [0.4, 0.5) is 0 Å². The second-order valence-corrected chi connectivity index (χ2v) is 30.4. The topological polar surface area (TPSA) is 49.7 Å². The van der Waals surface area contributed by atoms with Crippen LogP contribution in [0.25, 0.3) is 76.2 Å². The number of nitriles is 1. The second kappa shape index (κ2) is 13.0. The Hall–Kier alpha value is -4.92. The maximum atomic E-state index is 14.8. The van der Waals surface area contributed by atoms with Gasteiger partial charge < -0.3 is 8.80 Å². The SMILES string of the molecule is CCC(CC)(CC)c1cc2c3cc4c(cc3n3c5cc6c7cc([Si](C)(C(C)C)C(C)C)cc8c9c%10c(c(C#N)cc9n(c6cc5c(c1)c23)c78)C1(C)CCC%10(C)CC1)C(=O)C1(C)CCC4(C)CC1. The molecule has 0 atom stereocenters. The molecule has 6 aliphatic rings. The van der Waals surface area contributed by atoms with E-state index in [0.717, 1.165) is 68.9 Å². The van der Waals surface area contributed by atoms with Crippen molar-refractivity contribution in [1.82, 2.24) is 8.80 Å². The number of nitrogens with zero attached hydrogens (tertiary/aromatic N) is 3. The average molecular weight is 900 g/mol. The van der Waals surface area contributed by atoms with Gasteiger partial charge in [-0.3, -0.25) is 4.79 Å². The summed E-state index contributed by atoms with van der Waals surface area (Å²) in [5.74, 6) is 0.349.